The van der Waals surface area contributed by atoms with E-state index in [4.69, 9.17) is 5.26 Å². The van der Waals surface area contributed by atoms with Gasteiger partial charge < -0.3 is 0 Å². The number of carbonyl (C=O) groups excluding carboxylic acids is 1. The molecule has 1 aliphatic carbocycles. The highest BCUT2D eigenvalue weighted by Crippen LogP contribution is 2.12. The van der Waals surface area contributed by atoms with Crippen LogP contribution < -0.4 is 0 Å². The third-order valence-corrected chi connectivity index (χ3v) is 2.21. The van der Waals surface area contributed by atoms with Gasteiger partial charge in [-0.15, -0.1) is 0 Å². The van der Waals surface area contributed by atoms with Gasteiger partial charge in [0.05, 0.1) is 11.4 Å². The number of hydrogen-bond donors (Lipinski definition) is 0. The maximum absolute atomic E-state index is 11.2. The smallest absolute Gasteiger partial charge is 0.173 e. The van der Waals surface area contributed by atoms with E-state index in [1.807, 2.05) is 0 Å². The van der Waals surface area contributed by atoms with E-state index in [0.29, 0.717) is 22.9 Å². The van der Waals surface area contributed by atoms with Gasteiger partial charge in [-0.2, -0.15) is 5.26 Å². The van der Waals surface area contributed by atoms with Crippen molar-refractivity contribution in [1.29, 1.82) is 5.26 Å². The molecule has 0 unspecified atom stereocenters. The minimum Gasteiger partial charge on any atom is -0.293 e. The molecule has 0 radical (unpaired) electrons. The molecule has 66 valence electrons. The molecule has 0 spiro atoms. The Morgan fingerprint density at radius 2 is 2.46 bits per heavy atom. The van der Waals surface area contributed by atoms with E-state index < -0.39 is 0 Å². The number of rotatable bonds is 2. The molecule has 0 amide bonds. The Bertz CT molecular complexity index is 344. The Kier molecular flexibility index (Phi) is 3.66. The summed E-state index contributed by atoms with van der Waals surface area (Å²) in [4.78, 5) is 11.2. The average molecular weight is 238 g/mol. The minimum atomic E-state index is 0.0452. The van der Waals surface area contributed by atoms with Crippen molar-refractivity contribution < 1.29 is 4.79 Å². The Balaban J connectivity index is 2.81. The normalized spacial score (nSPS) is 15.4. The number of hydrogen-bond acceptors (Lipinski definition) is 2. The highest BCUT2D eigenvalue weighted by Gasteiger charge is 2.06. The molecule has 0 saturated carbocycles. The van der Waals surface area contributed by atoms with Crippen molar-refractivity contribution in [3.8, 4) is 6.07 Å². The summed E-state index contributed by atoms with van der Waals surface area (Å²) in [7, 11) is 0. The second-order valence-corrected chi connectivity index (χ2v) is 3.14. The summed E-state index contributed by atoms with van der Waals surface area (Å²) in [6.07, 6.45) is 7.51. The van der Waals surface area contributed by atoms with E-state index in [1.54, 1.807) is 24.3 Å². The van der Waals surface area contributed by atoms with Gasteiger partial charge in [-0.1, -0.05) is 34.2 Å². The largest absolute Gasteiger partial charge is 0.293 e. The summed E-state index contributed by atoms with van der Waals surface area (Å²) in [6, 6.07) is 2.06. The Labute approximate surface area is 85.4 Å². The molecule has 1 aliphatic rings. The zero-order chi connectivity index (χ0) is 9.68. The molecule has 13 heavy (non-hydrogen) atoms. The Morgan fingerprint density at radius 1 is 1.69 bits per heavy atom. The SMILES string of the molecule is N#CC1=CC=CC(C(=O)CBr)=CC1. The van der Waals surface area contributed by atoms with Crippen LogP contribution in [-0.2, 0) is 4.79 Å². The van der Waals surface area contributed by atoms with Crippen molar-refractivity contribution in [1.82, 2.24) is 0 Å². The molecule has 3 heteroatoms. The first-order valence-corrected chi connectivity index (χ1v) is 4.96. The predicted octanol–water partition coefficient (Wildman–Crippen LogP) is 2.29. The fraction of sp³-hybridized carbons (Fsp3) is 0.200. The van der Waals surface area contributed by atoms with Crippen LogP contribution in [0, 0.1) is 11.3 Å². The fourth-order valence-corrected chi connectivity index (χ4v) is 1.31. The maximum Gasteiger partial charge on any atom is 0.173 e. The van der Waals surface area contributed by atoms with E-state index in [2.05, 4.69) is 22.0 Å². The van der Waals surface area contributed by atoms with Gasteiger partial charge in [0, 0.05) is 17.6 Å². The van der Waals surface area contributed by atoms with Crippen molar-refractivity contribution in [3.05, 3.63) is 35.5 Å². The molecule has 2 nitrogen and oxygen atoms in total. The van der Waals surface area contributed by atoms with Crippen LogP contribution >= 0.6 is 15.9 Å². The van der Waals surface area contributed by atoms with Crippen LogP contribution in [0.1, 0.15) is 6.42 Å². The average Bonchev–Trinajstić information content (AvgIpc) is 2.41. The monoisotopic (exact) mass is 237 g/mol. The predicted molar refractivity (Wildman–Crippen MR) is 54.3 cm³/mol. The number of carbonyl (C=O) groups is 1. The summed E-state index contributed by atoms with van der Waals surface area (Å²) in [6.45, 7) is 0. The third kappa shape index (κ3) is 2.67. The summed E-state index contributed by atoms with van der Waals surface area (Å²) in [5.74, 6) is 0.0452. The number of allylic oxidation sites excluding steroid dienone is 6. The molecular formula is C10H8BrNO. The number of nitrogens with zero attached hydrogens (tertiary/aromatic N) is 1. The van der Waals surface area contributed by atoms with Crippen LogP contribution in [-0.4, -0.2) is 11.1 Å². The lowest BCUT2D eigenvalue weighted by Gasteiger charge is -1.94. The minimum absolute atomic E-state index is 0.0452. The summed E-state index contributed by atoms with van der Waals surface area (Å²) < 4.78 is 0. The molecule has 0 heterocycles. The number of nitriles is 1. The van der Waals surface area contributed by atoms with E-state index in [1.165, 1.54) is 0 Å². The summed E-state index contributed by atoms with van der Waals surface area (Å²) >= 11 is 3.10. The molecule has 0 aromatic rings. The van der Waals surface area contributed by atoms with Gasteiger partial charge in [-0.3, -0.25) is 4.79 Å². The van der Waals surface area contributed by atoms with Crippen LogP contribution in [0.5, 0.6) is 0 Å². The quantitative estimate of drug-likeness (QED) is 0.692. The van der Waals surface area contributed by atoms with Gasteiger partial charge >= 0.3 is 0 Å². The van der Waals surface area contributed by atoms with Gasteiger partial charge in [0.15, 0.2) is 5.78 Å². The molecular weight excluding hydrogens is 230 g/mol. The molecule has 0 bridgehead atoms. The maximum atomic E-state index is 11.2. The van der Waals surface area contributed by atoms with Crippen molar-refractivity contribution in [2.45, 2.75) is 6.42 Å². The topological polar surface area (TPSA) is 40.9 Å². The van der Waals surface area contributed by atoms with Gasteiger partial charge in [-0.05, 0) is 6.08 Å². The lowest BCUT2D eigenvalue weighted by molar-refractivity contribution is -0.112. The van der Waals surface area contributed by atoms with Gasteiger partial charge in [0.1, 0.15) is 0 Å². The van der Waals surface area contributed by atoms with Gasteiger partial charge in [0.25, 0.3) is 0 Å². The highest BCUT2D eigenvalue weighted by molar-refractivity contribution is 9.09. The molecule has 1 rings (SSSR count). The Morgan fingerprint density at radius 3 is 3.08 bits per heavy atom. The van der Waals surface area contributed by atoms with Crippen LogP contribution in [0.2, 0.25) is 0 Å². The van der Waals surface area contributed by atoms with Crippen LogP contribution in [0.3, 0.4) is 0 Å². The van der Waals surface area contributed by atoms with Crippen LogP contribution in [0.15, 0.2) is 35.5 Å². The van der Waals surface area contributed by atoms with Gasteiger partial charge in [-0.25, -0.2) is 0 Å². The van der Waals surface area contributed by atoms with Crippen molar-refractivity contribution in [2.75, 3.05) is 5.33 Å². The molecule has 0 N–H and O–H groups in total. The number of alkyl halides is 1. The summed E-state index contributed by atoms with van der Waals surface area (Å²) in [5.41, 5.74) is 1.34. The summed E-state index contributed by atoms with van der Waals surface area (Å²) in [5, 5.41) is 8.95. The lowest BCUT2D eigenvalue weighted by Crippen LogP contribution is -2.00. The van der Waals surface area contributed by atoms with Crippen molar-refractivity contribution in [2.24, 2.45) is 0 Å². The van der Waals surface area contributed by atoms with Crippen molar-refractivity contribution >= 4 is 21.7 Å². The Hall–Kier alpha value is -1.14. The van der Waals surface area contributed by atoms with E-state index in [-0.39, 0.29) is 5.78 Å². The molecule has 0 saturated heterocycles. The van der Waals surface area contributed by atoms with E-state index in [9.17, 15) is 4.79 Å². The van der Waals surface area contributed by atoms with Crippen LogP contribution in [0.25, 0.3) is 0 Å². The molecule has 0 aromatic carbocycles. The fourth-order valence-electron chi connectivity index (χ4n) is 0.991. The first-order valence-electron chi connectivity index (χ1n) is 3.84. The van der Waals surface area contributed by atoms with E-state index >= 15 is 0 Å². The molecule has 0 fully saturated rings. The third-order valence-electron chi connectivity index (χ3n) is 1.70. The van der Waals surface area contributed by atoms with E-state index in [0.717, 1.165) is 0 Å². The first-order chi connectivity index (χ1) is 6.27. The van der Waals surface area contributed by atoms with Gasteiger partial charge in [0.2, 0.25) is 0 Å². The number of ketones is 1. The zero-order valence-corrected chi connectivity index (χ0v) is 8.54. The molecule has 0 atom stereocenters. The number of halogens is 1. The first kappa shape index (κ1) is 9.94. The second-order valence-electron chi connectivity index (χ2n) is 2.58. The molecule has 0 aromatic heterocycles. The highest BCUT2D eigenvalue weighted by atomic mass is 79.9. The van der Waals surface area contributed by atoms with Crippen molar-refractivity contribution in [3.63, 3.8) is 0 Å². The standard InChI is InChI=1S/C10H8BrNO/c11-6-10(13)9-3-1-2-8(7-12)4-5-9/h1-3,5H,4,6H2. The van der Waals surface area contributed by atoms with Crippen LogP contribution in [0.4, 0.5) is 0 Å². The molecule has 0 aliphatic heterocycles. The lowest BCUT2D eigenvalue weighted by atomic mass is 10.1. The number of Topliss-reactive ketones (excluding diaryl/α,β-unsaturated/α-hetero) is 1. The second kappa shape index (κ2) is 4.78. The zero-order valence-electron chi connectivity index (χ0n) is 6.96.